The van der Waals surface area contributed by atoms with Crippen LogP contribution in [0.15, 0.2) is 48.5 Å². The zero-order valence-corrected chi connectivity index (χ0v) is 50.4. The van der Waals surface area contributed by atoms with Crippen molar-refractivity contribution >= 4 is 133 Å². The summed E-state index contributed by atoms with van der Waals surface area (Å²) in [7, 11) is -2.78. The second-order valence-electron chi connectivity index (χ2n) is 13.7. The maximum absolute atomic E-state index is 11.8. The summed E-state index contributed by atoms with van der Waals surface area (Å²) in [5, 5.41) is 0. The molecular formula is C46H55BrCl4F6MgN2P6. The zero-order chi connectivity index (χ0) is 44.7. The van der Waals surface area contributed by atoms with Gasteiger partial charge in [0.15, 0.2) is 0 Å². The monoisotopic (exact) mass is 1180 g/mol. The van der Waals surface area contributed by atoms with Gasteiger partial charge in [0.25, 0.3) is 0 Å². The van der Waals surface area contributed by atoms with Crippen molar-refractivity contribution in [3.05, 3.63) is 77.2 Å². The molecule has 0 aliphatic heterocycles. The molecule has 2 aromatic rings. The van der Waals surface area contributed by atoms with E-state index in [9.17, 15) is 8.78 Å². The van der Waals surface area contributed by atoms with Gasteiger partial charge in [-0.2, -0.15) is 19.8 Å². The Morgan fingerprint density at radius 1 is 0.561 bits per heavy atom. The van der Waals surface area contributed by atoms with E-state index in [-0.39, 0.29) is 74.2 Å². The van der Waals surface area contributed by atoms with Crippen molar-refractivity contribution in [1.82, 2.24) is 9.34 Å². The fourth-order valence-electron chi connectivity index (χ4n) is 4.18. The summed E-state index contributed by atoms with van der Waals surface area (Å²) in [6, 6.07) is 17.1. The molecule has 2 rings (SSSR count). The van der Waals surface area contributed by atoms with E-state index in [1.165, 1.54) is 34.6 Å². The Bertz CT molecular complexity index is 2140. The first kappa shape index (κ1) is 81.9. The van der Waals surface area contributed by atoms with Crippen molar-refractivity contribution in [2.45, 2.75) is 79.6 Å². The van der Waals surface area contributed by atoms with Crippen LogP contribution in [-0.4, -0.2) is 68.1 Å². The average molecular weight is 1180 g/mol. The molecule has 0 bridgehead atoms. The van der Waals surface area contributed by atoms with Crippen LogP contribution in [-0.2, 0) is 13.1 Å². The minimum absolute atomic E-state index is 0. The number of hydrogen-bond acceptors (Lipinski definition) is 2. The molecule has 0 radical (unpaired) electrons. The van der Waals surface area contributed by atoms with Crippen LogP contribution in [0.25, 0.3) is 0 Å². The molecule has 0 aromatic heterocycles. The van der Waals surface area contributed by atoms with Crippen LogP contribution in [0.5, 0.6) is 0 Å². The summed E-state index contributed by atoms with van der Waals surface area (Å²) in [6.07, 6.45) is 11.7. The van der Waals surface area contributed by atoms with Crippen LogP contribution in [0.3, 0.4) is 0 Å². The van der Waals surface area contributed by atoms with Gasteiger partial charge in [0, 0.05) is 82.3 Å². The van der Waals surface area contributed by atoms with E-state index in [1.807, 2.05) is 17.8 Å². The minimum Gasteiger partial charge on any atom is -1.00 e. The average Bonchev–Trinajstić information content (AvgIpc) is 3.17. The number of halogens is 11. The predicted molar refractivity (Wildman–Crippen MR) is 303 cm³/mol. The summed E-state index contributed by atoms with van der Waals surface area (Å²) >= 11 is 28.1. The number of nitrogens with zero attached hydrogens (tertiary/aromatic N) is 2. The van der Waals surface area contributed by atoms with E-state index in [0.717, 1.165) is 25.4 Å². The van der Waals surface area contributed by atoms with Crippen LogP contribution in [0.1, 0.15) is 65.2 Å². The molecule has 358 valence electrons. The van der Waals surface area contributed by atoms with Gasteiger partial charge >= 0.3 is 23.1 Å². The third kappa shape index (κ3) is 43.0. The summed E-state index contributed by atoms with van der Waals surface area (Å²) in [5.74, 6) is 27.6. The second kappa shape index (κ2) is 49.0. The predicted octanol–water partition coefficient (Wildman–Crippen LogP) is 14.7. The molecule has 0 aliphatic rings. The van der Waals surface area contributed by atoms with E-state index in [0.29, 0.717) is 12.3 Å². The Labute approximate surface area is 448 Å². The Morgan fingerprint density at radius 3 is 1.20 bits per heavy atom. The Hall–Kier alpha value is -1.03. The Balaban J connectivity index is -0.000000119. The van der Waals surface area contributed by atoms with Gasteiger partial charge in [0.1, 0.15) is 12.3 Å². The number of hydrogen-bond donors (Lipinski definition) is 0. The molecule has 0 saturated heterocycles. The summed E-state index contributed by atoms with van der Waals surface area (Å²) in [4.78, 5) is 2.37. The molecule has 0 spiro atoms. The van der Waals surface area contributed by atoms with Gasteiger partial charge in [0.05, 0.1) is 29.4 Å². The molecule has 0 saturated carbocycles. The minimum atomic E-state index is -1.07. The van der Waals surface area contributed by atoms with E-state index in [4.69, 9.17) is 51.4 Å². The van der Waals surface area contributed by atoms with E-state index in [1.54, 1.807) is 0 Å². The van der Waals surface area contributed by atoms with Crippen molar-refractivity contribution in [3.8, 4) is 99.5 Å². The smallest absolute Gasteiger partial charge is 1.00 e. The Morgan fingerprint density at radius 2 is 0.894 bits per heavy atom. The number of aryl methyl sites for hydroxylation is 2. The normalized spacial score (nSPS) is 9.61. The second-order valence-corrected chi connectivity index (χ2v) is 25.4. The Kier molecular flexibility index (Phi) is 60.8. The first-order chi connectivity index (χ1) is 27.9. The van der Waals surface area contributed by atoms with Gasteiger partial charge < -0.3 is 7.85 Å². The molecule has 0 aliphatic carbocycles. The number of benzene rings is 2. The fraction of sp³-hybridized carbons (Fsp3) is 0.348. The van der Waals surface area contributed by atoms with E-state index >= 15 is 0 Å². The summed E-state index contributed by atoms with van der Waals surface area (Å²) < 4.78 is 28.3. The van der Waals surface area contributed by atoms with Gasteiger partial charge in [-0.25, -0.2) is 5.92 Å². The van der Waals surface area contributed by atoms with Gasteiger partial charge in [-0.3, -0.25) is 34.1 Å². The molecule has 4 atom stereocenters. The molecule has 0 amide bonds. The van der Waals surface area contributed by atoms with Crippen LogP contribution < -0.4 is 0 Å². The number of rotatable bonds is 12. The molecule has 66 heavy (non-hydrogen) atoms. The molecule has 20 heteroatoms. The first-order valence-corrected chi connectivity index (χ1v) is 28.0. The van der Waals surface area contributed by atoms with Crippen LogP contribution in [0, 0.1) is 120 Å². The SMILES string of the molecule is Cc1ccc(CN(P(Cl)CCP(C#CC#CC#CF)C#CC#CC#CF)C(C)(C)C)cc1.Cc1ccc(CN(P(Cl)CCP(Cl)Cl)C(C)(C)C)cc1.F.F.F.F.P.P.[C-]#CC#CC#CBr.[H-].[Mg+2]. The summed E-state index contributed by atoms with van der Waals surface area (Å²) in [6.45, 7) is 17.9. The van der Waals surface area contributed by atoms with E-state index in [2.05, 4.69) is 199 Å². The summed E-state index contributed by atoms with van der Waals surface area (Å²) in [5.41, 5.74) is 10.9. The zero-order valence-electron chi connectivity index (χ0n) is 38.9. The van der Waals surface area contributed by atoms with Crippen LogP contribution >= 0.6 is 110 Å². The third-order valence-electron chi connectivity index (χ3n) is 7.03. The molecule has 2 aromatic carbocycles. The third-order valence-corrected chi connectivity index (χ3v) is 16.8. The largest absolute Gasteiger partial charge is 2.00 e. The van der Waals surface area contributed by atoms with Crippen molar-refractivity contribution in [2.75, 3.05) is 24.6 Å². The van der Waals surface area contributed by atoms with Gasteiger partial charge in [0.2, 0.25) is 0 Å². The van der Waals surface area contributed by atoms with E-state index < -0.39 is 29.4 Å². The van der Waals surface area contributed by atoms with Crippen molar-refractivity contribution in [3.63, 3.8) is 0 Å². The topological polar surface area (TPSA) is 6.48 Å². The van der Waals surface area contributed by atoms with Crippen LogP contribution in [0.2, 0.25) is 0 Å². The standard InChI is InChI=1S/C26H22ClF2NP2.C14H22Cl3NP2.C6Br.4FH.Mg.2H3P.H/c1-24-13-15-25(16-14-24)23-30(26(2,3)4)32(27)22-21-31(19-11-7-5-9-17-28)20-12-8-6-10-18-29;1-12-5-7-13(8-6-12)11-18(14(2,3)4)20(17)10-9-19(15)16;1-2-3-4-5-6-7;;;;;;;;/h13-16H,21-23H2,1-4H3;5-8H,9-11H2,1-4H3;;4*1H;;2*1H3;/q;;-1;;;;;+2;;;-1. The molecule has 4 unspecified atom stereocenters. The van der Waals surface area contributed by atoms with Crippen molar-refractivity contribution in [1.29, 1.82) is 0 Å². The van der Waals surface area contributed by atoms with Crippen LogP contribution in [0.4, 0.5) is 27.6 Å². The van der Waals surface area contributed by atoms with Gasteiger partial charge in [-0.05, 0) is 118 Å². The quantitative estimate of drug-likeness (QED) is 0.0687. The molecule has 2 nitrogen and oxygen atoms in total. The maximum Gasteiger partial charge on any atom is 2.00 e. The fourth-order valence-corrected chi connectivity index (χ4v) is 14.5. The van der Waals surface area contributed by atoms with Gasteiger partial charge in [-0.1, -0.05) is 105 Å². The molecular weight excluding hydrogens is 1130 g/mol. The van der Waals surface area contributed by atoms with Crippen molar-refractivity contribution < 1.29 is 29.0 Å². The van der Waals surface area contributed by atoms with Gasteiger partial charge in [-0.15, -0.1) is 14.7 Å². The molecule has 0 fully saturated rings. The molecule has 0 heterocycles. The first-order valence-electron chi connectivity index (χ1n) is 17.5. The molecule has 0 N–H and O–H groups in total. The van der Waals surface area contributed by atoms with Crippen molar-refractivity contribution in [2.24, 2.45) is 0 Å². The maximum atomic E-state index is 11.8.